The molecule has 2 aromatic carbocycles. The standard InChI is InChI=1S/C23H27N3O3S/c1-13-10-18-17(14(2)20(13)27)8-9-23(3,29-18)12-28-16-6-4-15(5-7-16)11-19-21(24)26-22(25)30-19/h4-7,10,19,27H,8-9,11-12H2,1-3H3,(H3,24,25,26). The lowest BCUT2D eigenvalue weighted by atomic mass is 9.89. The third kappa shape index (κ3) is 4.12. The van der Waals surface area contributed by atoms with Crippen LogP contribution in [0.2, 0.25) is 0 Å². The summed E-state index contributed by atoms with van der Waals surface area (Å²) < 4.78 is 12.3. The summed E-state index contributed by atoms with van der Waals surface area (Å²) >= 11 is 1.38. The first kappa shape index (κ1) is 20.6. The Hall–Kier alpha value is -2.67. The van der Waals surface area contributed by atoms with E-state index in [-0.39, 0.29) is 5.25 Å². The van der Waals surface area contributed by atoms with Crippen molar-refractivity contribution in [3.8, 4) is 17.2 Å². The van der Waals surface area contributed by atoms with Crippen molar-refractivity contribution in [2.75, 3.05) is 6.61 Å². The van der Waals surface area contributed by atoms with Gasteiger partial charge >= 0.3 is 0 Å². The Morgan fingerprint density at radius 2 is 2.00 bits per heavy atom. The number of phenolic OH excluding ortho intramolecular Hbond substituents is 1. The first-order valence-corrected chi connectivity index (χ1v) is 11.0. The van der Waals surface area contributed by atoms with Gasteiger partial charge in [0.15, 0.2) is 5.17 Å². The van der Waals surface area contributed by atoms with Gasteiger partial charge in [-0.05, 0) is 74.9 Å². The molecule has 2 atom stereocenters. The Morgan fingerprint density at radius 3 is 2.67 bits per heavy atom. The summed E-state index contributed by atoms with van der Waals surface area (Å²) in [6.07, 6.45) is 2.38. The second kappa shape index (κ2) is 7.87. The summed E-state index contributed by atoms with van der Waals surface area (Å²) in [6.45, 7) is 6.33. The Morgan fingerprint density at radius 1 is 1.27 bits per heavy atom. The third-order valence-electron chi connectivity index (χ3n) is 5.81. The summed E-state index contributed by atoms with van der Waals surface area (Å²) in [6, 6.07) is 9.84. The van der Waals surface area contributed by atoms with Crippen LogP contribution in [-0.2, 0) is 12.8 Å². The number of ether oxygens (including phenoxy) is 2. The fourth-order valence-corrected chi connectivity index (χ4v) is 4.84. The topological polar surface area (TPSA) is 98.4 Å². The average Bonchev–Trinajstić information content (AvgIpc) is 3.02. The highest BCUT2D eigenvalue weighted by molar-refractivity contribution is 8.15. The summed E-state index contributed by atoms with van der Waals surface area (Å²) in [5.41, 5.74) is 3.50. The Kier molecular flexibility index (Phi) is 5.40. The molecular formula is C23H27N3O3S. The van der Waals surface area contributed by atoms with E-state index in [1.165, 1.54) is 11.8 Å². The van der Waals surface area contributed by atoms with Crippen molar-refractivity contribution in [3.63, 3.8) is 0 Å². The molecule has 0 spiro atoms. The maximum atomic E-state index is 10.2. The number of aryl methyl sites for hydroxylation is 1. The number of phenols is 1. The highest BCUT2D eigenvalue weighted by atomic mass is 32.2. The number of hydrogen-bond donors (Lipinski definition) is 4. The van der Waals surface area contributed by atoms with Crippen molar-refractivity contribution in [1.82, 2.24) is 5.32 Å². The normalized spacial score (nSPS) is 23.0. The van der Waals surface area contributed by atoms with Gasteiger partial charge < -0.3 is 19.9 Å². The van der Waals surface area contributed by atoms with Gasteiger partial charge in [-0.25, -0.2) is 0 Å². The molecule has 0 bridgehead atoms. The number of benzene rings is 2. The lowest BCUT2D eigenvalue weighted by molar-refractivity contribution is 0.0173. The van der Waals surface area contributed by atoms with E-state index in [2.05, 4.69) is 12.2 Å². The monoisotopic (exact) mass is 425 g/mol. The van der Waals surface area contributed by atoms with Gasteiger partial charge in [0.25, 0.3) is 0 Å². The van der Waals surface area contributed by atoms with Crippen LogP contribution >= 0.6 is 11.8 Å². The maximum absolute atomic E-state index is 10.2. The minimum Gasteiger partial charge on any atom is -0.507 e. The molecule has 4 N–H and O–H groups in total. The van der Waals surface area contributed by atoms with E-state index in [0.717, 1.165) is 46.6 Å². The summed E-state index contributed by atoms with van der Waals surface area (Å²) in [5, 5.41) is 28.8. The quantitative estimate of drug-likeness (QED) is 0.571. The van der Waals surface area contributed by atoms with Crippen LogP contribution in [0.5, 0.6) is 17.2 Å². The van der Waals surface area contributed by atoms with Gasteiger partial charge in [0.2, 0.25) is 0 Å². The zero-order chi connectivity index (χ0) is 21.5. The Balaban J connectivity index is 1.38. The van der Waals surface area contributed by atoms with Gasteiger partial charge in [-0.15, -0.1) is 0 Å². The smallest absolute Gasteiger partial charge is 0.159 e. The van der Waals surface area contributed by atoms with E-state index in [4.69, 9.17) is 20.3 Å². The zero-order valence-electron chi connectivity index (χ0n) is 17.5. The first-order valence-electron chi connectivity index (χ1n) is 10.1. The maximum Gasteiger partial charge on any atom is 0.159 e. The molecular weight excluding hydrogens is 398 g/mol. The molecule has 158 valence electrons. The molecule has 1 fully saturated rings. The van der Waals surface area contributed by atoms with Gasteiger partial charge in [-0.1, -0.05) is 23.9 Å². The van der Waals surface area contributed by atoms with Crippen LogP contribution < -0.4 is 14.8 Å². The van der Waals surface area contributed by atoms with Gasteiger partial charge in [-0.3, -0.25) is 10.8 Å². The van der Waals surface area contributed by atoms with Crippen molar-refractivity contribution in [1.29, 1.82) is 10.8 Å². The van der Waals surface area contributed by atoms with Crippen molar-refractivity contribution in [3.05, 3.63) is 52.6 Å². The van der Waals surface area contributed by atoms with Crippen molar-refractivity contribution < 1.29 is 14.6 Å². The molecule has 0 saturated carbocycles. The molecule has 2 unspecified atom stereocenters. The SMILES string of the molecule is Cc1cc2c(c(C)c1O)CCC(C)(COc1ccc(CC3SC(=N)NC3=N)cc1)O2. The average molecular weight is 426 g/mol. The van der Waals surface area contributed by atoms with E-state index in [9.17, 15) is 5.11 Å². The molecule has 2 heterocycles. The highest BCUT2D eigenvalue weighted by Gasteiger charge is 2.34. The van der Waals surface area contributed by atoms with Crippen LogP contribution in [-0.4, -0.2) is 33.6 Å². The molecule has 7 heteroatoms. The van der Waals surface area contributed by atoms with Crippen LogP contribution in [0.25, 0.3) is 0 Å². The van der Waals surface area contributed by atoms with Gasteiger partial charge in [-0.2, -0.15) is 0 Å². The molecule has 0 amide bonds. The number of thioether (sulfide) groups is 1. The minimum absolute atomic E-state index is 0.0229. The fraction of sp³-hybridized carbons (Fsp3) is 0.391. The van der Waals surface area contributed by atoms with E-state index in [0.29, 0.717) is 29.8 Å². The van der Waals surface area contributed by atoms with E-state index in [1.54, 1.807) is 0 Å². The van der Waals surface area contributed by atoms with Crippen LogP contribution in [0, 0.1) is 24.7 Å². The van der Waals surface area contributed by atoms with Crippen LogP contribution in [0.15, 0.2) is 30.3 Å². The molecule has 30 heavy (non-hydrogen) atoms. The molecule has 1 saturated heterocycles. The summed E-state index contributed by atoms with van der Waals surface area (Å²) in [7, 11) is 0. The summed E-state index contributed by atoms with van der Waals surface area (Å²) in [5.74, 6) is 2.38. The van der Waals surface area contributed by atoms with E-state index < -0.39 is 5.60 Å². The zero-order valence-corrected chi connectivity index (χ0v) is 18.3. The Bertz CT molecular complexity index is 1010. The molecule has 6 nitrogen and oxygen atoms in total. The number of aromatic hydroxyl groups is 1. The number of rotatable bonds is 5. The predicted octanol–water partition coefficient (Wildman–Crippen LogP) is 4.33. The summed E-state index contributed by atoms with van der Waals surface area (Å²) in [4.78, 5) is 0. The molecule has 4 rings (SSSR count). The lowest BCUT2D eigenvalue weighted by Crippen LogP contribution is -2.42. The van der Waals surface area contributed by atoms with Gasteiger partial charge in [0, 0.05) is 5.56 Å². The minimum atomic E-state index is -0.427. The van der Waals surface area contributed by atoms with Crippen LogP contribution in [0.3, 0.4) is 0 Å². The van der Waals surface area contributed by atoms with Crippen molar-refractivity contribution in [2.45, 2.75) is 50.9 Å². The number of hydrogen-bond acceptors (Lipinski definition) is 6. The molecule has 2 aromatic rings. The molecule has 2 aliphatic rings. The molecule has 0 aliphatic carbocycles. The van der Waals surface area contributed by atoms with E-state index in [1.807, 2.05) is 44.2 Å². The van der Waals surface area contributed by atoms with Crippen molar-refractivity contribution in [2.24, 2.45) is 0 Å². The van der Waals surface area contributed by atoms with Crippen LogP contribution in [0.4, 0.5) is 0 Å². The fourth-order valence-electron chi connectivity index (χ4n) is 3.93. The van der Waals surface area contributed by atoms with Gasteiger partial charge in [0.05, 0.1) is 5.25 Å². The highest BCUT2D eigenvalue weighted by Crippen LogP contribution is 2.40. The third-order valence-corrected chi connectivity index (χ3v) is 6.83. The van der Waals surface area contributed by atoms with Crippen molar-refractivity contribution >= 4 is 22.8 Å². The second-order valence-electron chi connectivity index (χ2n) is 8.31. The lowest BCUT2D eigenvalue weighted by Gasteiger charge is -2.36. The largest absolute Gasteiger partial charge is 0.507 e. The predicted molar refractivity (Wildman–Crippen MR) is 121 cm³/mol. The second-order valence-corrected chi connectivity index (χ2v) is 9.52. The number of nitrogens with one attached hydrogen (secondary N) is 3. The molecule has 0 radical (unpaired) electrons. The first-order chi connectivity index (χ1) is 14.2. The van der Waals surface area contributed by atoms with E-state index >= 15 is 0 Å². The van der Waals surface area contributed by atoms with Gasteiger partial charge in [0.1, 0.15) is 35.3 Å². The molecule has 0 aromatic heterocycles. The van der Waals surface area contributed by atoms with Crippen LogP contribution in [0.1, 0.15) is 35.6 Å². The number of fused-ring (bicyclic) bond motifs is 1. The number of amidine groups is 2. The Labute approximate surface area is 181 Å². The molecule has 2 aliphatic heterocycles.